The standard InChI is InChI=1S/C32H42N6O15/c33-30(47)19(9-12-36-32(34)35)3-4-20(39)18-51-17-16-50-15-1-2-21(40)28(52-26(45)10-13-37-22(41)5-6-23(37)42)29(31(48)49)53-27(46)11-14-38-24(43)7-8-25(38)44/h5-8,19,28-29H,1-4,9-18H2,(H2,33,47)(H,48,49)(H4,34,35,36)/t19-,28-,29+/m0/s1. The number of carboxylic acids is 1. The fourth-order valence-electron chi connectivity index (χ4n) is 4.73. The van der Waals surface area contributed by atoms with Crippen molar-refractivity contribution in [3.63, 3.8) is 0 Å². The maximum Gasteiger partial charge on any atom is 0.349 e. The van der Waals surface area contributed by atoms with Crippen LogP contribution in [0.3, 0.4) is 0 Å². The number of aliphatic carboxylic acids is 1. The Morgan fingerprint density at radius 1 is 0.679 bits per heavy atom. The monoisotopic (exact) mass is 750 g/mol. The minimum absolute atomic E-state index is 0.00197. The van der Waals surface area contributed by atoms with Gasteiger partial charge in [-0.05, 0) is 19.3 Å². The molecule has 0 saturated carbocycles. The van der Waals surface area contributed by atoms with Gasteiger partial charge in [-0.15, -0.1) is 0 Å². The maximum atomic E-state index is 13.1. The van der Waals surface area contributed by atoms with E-state index in [2.05, 4.69) is 4.99 Å². The Labute approximate surface area is 302 Å². The van der Waals surface area contributed by atoms with Crippen molar-refractivity contribution in [2.45, 2.75) is 57.2 Å². The molecule has 2 aliphatic heterocycles. The van der Waals surface area contributed by atoms with Crippen molar-refractivity contribution in [3.05, 3.63) is 24.3 Å². The predicted octanol–water partition coefficient (Wildman–Crippen LogP) is -2.98. The molecule has 3 atom stereocenters. The van der Waals surface area contributed by atoms with Crippen LogP contribution in [-0.4, -0.2) is 138 Å². The summed E-state index contributed by atoms with van der Waals surface area (Å²) in [5.74, 6) is -9.63. The molecular weight excluding hydrogens is 708 g/mol. The number of esters is 2. The van der Waals surface area contributed by atoms with E-state index in [9.17, 15) is 53.1 Å². The van der Waals surface area contributed by atoms with Gasteiger partial charge in [0.25, 0.3) is 23.6 Å². The highest BCUT2D eigenvalue weighted by Gasteiger charge is 2.40. The zero-order chi connectivity index (χ0) is 39.5. The average Bonchev–Trinajstić information content (AvgIpc) is 3.59. The Hall–Kier alpha value is -5.83. The van der Waals surface area contributed by atoms with Crippen LogP contribution in [0.25, 0.3) is 0 Å². The number of primary amides is 1. The first-order valence-electron chi connectivity index (χ1n) is 16.3. The fourth-order valence-corrected chi connectivity index (χ4v) is 4.73. The molecule has 0 bridgehead atoms. The number of nitrogens with two attached hydrogens (primary N) is 3. The summed E-state index contributed by atoms with van der Waals surface area (Å²) in [5, 5.41) is 9.81. The van der Waals surface area contributed by atoms with Gasteiger partial charge in [0.1, 0.15) is 6.61 Å². The molecular formula is C32H42N6O15. The zero-order valence-electron chi connectivity index (χ0n) is 28.7. The highest BCUT2D eigenvalue weighted by Crippen LogP contribution is 2.15. The number of guanidine groups is 1. The van der Waals surface area contributed by atoms with Crippen LogP contribution in [0.4, 0.5) is 0 Å². The van der Waals surface area contributed by atoms with Crippen molar-refractivity contribution in [1.29, 1.82) is 0 Å². The van der Waals surface area contributed by atoms with E-state index in [1.807, 2.05) is 0 Å². The summed E-state index contributed by atoms with van der Waals surface area (Å²) in [5.41, 5.74) is 15.9. The summed E-state index contributed by atoms with van der Waals surface area (Å²) in [6.45, 7) is -1.05. The quantitative estimate of drug-likeness (QED) is 0.0214. The summed E-state index contributed by atoms with van der Waals surface area (Å²) < 4.78 is 20.7. The van der Waals surface area contributed by atoms with Crippen molar-refractivity contribution in [1.82, 2.24) is 9.80 Å². The van der Waals surface area contributed by atoms with Gasteiger partial charge in [-0.1, -0.05) is 0 Å². The highest BCUT2D eigenvalue weighted by molar-refractivity contribution is 6.13. The molecule has 290 valence electrons. The fraction of sp³-hybridized carbons (Fsp3) is 0.531. The number of ketones is 2. The second-order valence-corrected chi connectivity index (χ2v) is 11.5. The van der Waals surface area contributed by atoms with Crippen molar-refractivity contribution >= 4 is 65.0 Å². The number of aliphatic imine (C=N–C) groups is 1. The smallest absolute Gasteiger partial charge is 0.349 e. The van der Waals surface area contributed by atoms with Crippen molar-refractivity contribution in [2.75, 3.05) is 46.1 Å². The Kier molecular flexibility index (Phi) is 18.1. The van der Waals surface area contributed by atoms with Gasteiger partial charge in [0.15, 0.2) is 17.5 Å². The summed E-state index contributed by atoms with van der Waals surface area (Å²) in [7, 11) is 0. The number of Topliss-reactive ketones (excluding diaryl/α,β-unsaturated/α-hetero) is 2. The number of hydrogen-bond acceptors (Lipinski definition) is 15. The molecule has 0 unspecified atom stereocenters. The van der Waals surface area contributed by atoms with Crippen LogP contribution in [0, 0.1) is 5.92 Å². The number of carbonyl (C=O) groups is 10. The predicted molar refractivity (Wildman–Crippen MR) is 176 cm³/mol. The molecule has 0 aliphatic carbocycles. The van der Waals surface area contributed by atoms with Crippen LogP contribution < -0.4 is 17.2 Å². The lowest BCUT2D eigenvalue weighted by Crippen LogP contribution is -2.46. The largest absolute Gasteiger partial charge is 0.478 e. The number of hydrogen-bond donors (Lipinski definition) is 4. The second kappa shape index (κ2) is 22.2. The number of carboxylic acid groups (broad SMARTS) is 1. The molecule has 2 heterocycles. The van der Waals surface area contributed by atoms with E-state index in [-0.39, 0.29) is 70.4 Å². The van der Waals surface area contributed by atoms with Gasteiger partial charge < -0.3 is 41.3 Å². The number of imide groups is 2. The zero-order valence-corrected chi connectivity index (χ0v) is 28.7. The summed E-state index contributed by atoms with van der Waals surface area (Å²) in [6.07, 6.45) is -1.77. The van der Waals surface area contributed by atoms with E-state index in [0.29, 0.717) is 4.90 Å². The number of carbonyl (C=O) groups excluding carboxylic acids is 9. The topological polar surface area (TPSA) is 325 Å². The van der Waals surface area contributed by atoms with Crippen LogP contribution in [0.1, 0.15) is 44.9 Å². The SMILES string of the molecule is NC(=O)[C@H](CCN=C(N)N)CCC(=O)COCCOCCCC(=O)[C@H](OC(=O)CCN1C(=O)C=CC1=O)[C@@H](OC(=O)CCN1C(=O)C=CC1=O)C(=O)O. The third-order valence-corrected chi connectivity index (χ3v) is 7.53. The van der Waals surface area contributed by atoms with Crippen LogP contribution in [-0.2, 0) is 66.9 Å². The molecule has 53 heavy (non-hydrogen) atoms. The van der Waals surface area contributed by atoms with Gasteiger partial charge in [0.2, 0.25) is 18.1 Å². The van der Waals surface area contributed by atoms with E-state index in [0.717, 1.165) is 29.2 Å². The minimum atomic E-state index is -2.33. The normalized spacial score (nSPS) is 15.3. The lowest BCUT2D eigenvalue weighted by Gasteiger charge is -2.24. The third-order valence-electron chi connectivity index (χ3n) is 7.53. The Balaban J connectivity index is 1.86. The van der Waals surface area contributed by atoms with Gasteiger partial charge in [-0.25, -0.2) is 4.79 Å². The van der Waals surface area contributed by atoms with E-state index in [1.165, 1.54) is 0 Å². The van der Waals surface area contributed by atoms with Gasteiger partial charge >= 0.3 is 17.9 Å². The Morgan fingerprint density at radius 2 is 1.19 bits per heavy atom. The maximum absolute atomic E-state index is 13.1. The lowest BCUT2D eigenvalue weighted by atomic mass is 9.97. The van der Waals surface area contributed by atoms with Crippen molar-refractivity contribution in [3.8, 4) is 0 Å². The summed E-state index contributed by atoms with van der Waals surface area (Å²) >= 11 is 0. The molecule has 0 radical (unpaired) electrons. The first kappa shape index (κ1) is 43.3. The summed E-state index contributed by atoms with van der Waals surface area (Å²) in [4.78, 5) is 126. The first-order chi connectivity index (χ1) is 25.1. The van der Waals surface area contributed by atoms with E-state index in [4.69, 9.17) is 36.1 Å². The van der Waals surface area contributed by atoms with Crippen LogP contribution in [0.15, 0.2) is 29.3 Å². The Bertz CT molecular complexity index is 1480. The number of nitrogens with zero attached hydrogens (tertiary/aromatic N) is 3. The summed E-state index contributed by atoms with van der Waals surface area (Å²) in [6, 6.07) is 0. The van der Waals surface area contributed by atoms with Gasteiger partial charge in [-0.3, -0.25) is 57.9 Å². The van der Waals surface area contributed by atoms with Gasteiger partial charge in [0.05, 0.1) is 26.1 Å². The number of amides is 5. The third kappa shape index (κ3) is 15.5. The molecule has 2 aliphatic rings. The molecule has 2 rings (SSSR count). The second-order valence-electron chi connectivity index (χ2n) is 11.5. The molecule has 21 heteroatoms. The number of rotatable bonds is 27. The molecule has 0 spiro atoms. The lowest BCUT2D eigenvalue weighted by molar-refractivity contribution is -0.182. The molecule has 7 N–H and O–H groups in total. The van der Waals surface area contributed by atoms with Gasteiger partial charge in [-0.2, -0.15) is 0 Å². The number of ether oxygens (including phenoxy) is 4. The van der Waals surface area contributed by atoms with E-state index < -0.39 is 104 Å². The van der Waals surface area contributed by atoms with Gasteiger partial charge in [0, 0.05) is 69.3 Å². The minimum Gasteiger partial charge on any atom is -0.478 e. The average molecular weight is 751 g/mol. The highest BCUT2D eigenvalue weighted by atomic mass is 16.6. The Morgan fingerprint density at radius 3 is 1.68 bits per heavy atom. The molecule has 5 amide bonds. The van der Waals surface area contributed by atoms with Crippen molar-refractivity contribution in [2.24, 2.45) is 28.1 Å². The molecule has 0 aromatic rings. The van der Waals surface area contributed by atoms with Crippen LogP contribution >= 0.6 is 0 Å². The molecule has 0 aromatic heterocycles. The first-order valence-corrected chi connectivity index (χ1v) is 16.3. The molecule has 0 fully saturated rings. The molecule has 21 nitrogen and oxygen atoms in total. The van der Waals surface area contributed by atoms with E-state index in [1.54, 1.807) is 0 Å². The van der Waals surface area contributed by atoms with E-state index >= 15 is 0 Å². The van der Waals surface area contributed by atoms with Crippen LogP contribution in [0.5, 0.6) is 0 Å². The van der Waals surface area contributed by atoms with Crippen LogP contribution in [0.2, 0.25) is 0 Å². The molecule has 0 aromatic carbocycles. The molecule has 0 saturated heterocycles. The van der Waals surface area contributed by atoms with Crippen molar-refractivity contribution < 1.29 is 72.0 Å².